The van der Waals surface area contributed by atoms with Crippen molar-refractivity contribution in [2.24, 2.45) is 0 Å². The molecule has 0 bridgehead atoms. The summed E-state index contributed by atoms with van der Waals surface area (Å²) < 4.78 is 0. The van der Waals surface area contributed by atoms with Gasteiger partial charge < -0.3 is 5.21 Å². The second kappa shape index (κ2) is 2.68. The molecule has 0 amide bonds. The molecule has 1 rings (SSSR count). The van der Waals surface area contributed by atoms with E-state index in [4.69, 9.17) is 0 Å². The average molecular weight is 142 g/mol. The van der Waals surface area contributed by atoms with E-state index >= 15 is 0 Å². The predicted molar refractivity (Wildman–Crippen MR) is 35.0 cm³/mol. The minimum atomic E-state index is 0.602. The molecule has 1 aromatic rings. The zero-order valence-electron chi connectivity index (χ0n) is 4.94. The monoisotopic (exact) mass is 142 g/mol. The largest absolute Gasteiger partial charge is 0.593 e. The second-order valence-corrected chi connectivity index (χ2v) is 2.27. The van der Waals surface area contributed by atoms with Crippen LogP contribution in [-0.4, -0.2) is 11.4 Å². The summed E-state index contributed by atoms with van der Waals surface area (Å²) in [4.78, 5) is 0.602. The summed E-state index contributed by atoms with van der Waals surface area (Å²) in [5.41, 5.74) is 0. The Kier molecular flexibility index (Phi) is 1.89. The van der Waals surface area contributed by atoms with Gasteiger partial charge in [0.1, 0.15) is 0 Å². The molecule has 0 saturated carbocycles. The first-order valence-corrected chi connectivity index (χ1v) is 3.66. The van der Waals surface area contributed by atoms with Crippen molar-refractivity contribution >= 4 is 11.8 Å². The van der Waals surface area contributed by atoms with Crippen LogP contribution in [0.15, 0.2) is 23.4 Å². The van der Waals surface area contributed by atoms with Crippen LogP contribution in [0.2, 0.25) is 0 Å². The molecule has 0 N–H and O–H groups in total. The van der Waals surface area contributed by atoms with E-state index in [0.29, 0.717) is 9.87 Å². The fourth-order valence-electron chi connectivity index (χ4n) is 0.491. The van der Waals surface area contributed by atoms with E-state index in [1.165, 1.54) is 18.0 Å². The zero-order chi connectivity index (χ0) is 6.69. The van der Waals surface area contributed by atoms with E-state index in [1.807, 2.05) is 6.26 Å². The normalized spacial score (nSPS) is 9.44. The number of aromatic nitrogens is 2. The van der Waals surface area contributed by atoms with Crippen LogP contribution in [0.4, 0.5) is 0 Å². The molecular weight excluding hydrogens is 136 g/mol. The van der Waals surface area contributed by atoms with E-state index in [9.17, 15) is 5.21 Å². The number of thioether (sulfide) groups is 1. The van der Waals surface area contributed by atoms with Crippen molar-refractivity contribution in [3.63, 3.8) is 0 Å². The zero-order valence-corrected chi connectivity index (χ0v) is 5.76. The minimum Gasteiger partial charge on any atom is -0.593 e. The van der Waals surface area contributed by atoms with Gasteiger partial charge in [-0.2, -0.15) is 0 Å². The van der Waals surface area contributed by atoms with Crippen molar-refractivity contribution in [1.82, 2.24) is 5.10 Å². The lowest BCUT2D eigenvalue weighted by Crippen LogP contribution is -2.32. The standard InChI is InChI=1S/C5H6N2OS/c1-9-5-3-2-4-6-7(5)8/h2-4H,1H3. The minimum absolute atomic E-state index is 0.602. The molecule has 9 heavy (non-hydrogen) atoms. The Hall–Kier alpha value is -0.770. The third kappa shape index (κ3) is 1.32. The Morgan fingerprint density at radius 2 is 2.56 bits per heavy atom. The lowest BCUT2D eigenvalue weighted by molar-refractivity contribution is -0.706. The molecule has 0 aliphatic rings. The third-order valence-corrected chi connectivity index (χ3v) is 1.60. The van der Waals surface area contributed by atoms with Gasteiger partial charge in [-0.1, -0.05) is 11.8 Å². The Morgan fingerprint density at radius 1 is 1.78 bits per heavy atom. The average Bonchev–Trinajstić information content (AvgIpc) is 1.89. The molecule has 0 unspecified atom stereocenters. The van der Waals surface area contributed by atoms with E-state index in [2.05, 4.69) is 5.10 Å². The highest BCUT2D eigenvalue weighted by Crippen LogP contribution is 2.04. The number of rotatable bonds is 1. The Balaban J connectivity index is 3.01. The van der Waals surface area contributed by atoms with Gasteiger partial charge in [0, 0.05) is 11.2 Å². The third-order valence-electron chi connectivity index (χ3n) is 0.894. The van der Waals surface area contributed by atoms with Crippen molar-refractivity contribution in [2.45, 2.75) is 5.03 Å². The summed E-state index contributed by atoms with van der Waals surface area (Å²) in [7, 11) is 0. The van der Waals surface area contributed by atoms with Crippen LogP contribution in [0.5, 0.6) is 0 Å². The van der Waals surface area contributed by atoms with Gasteiger partial charge in [-0.15, -0.1) is 0 Å². The highest BCUT2D eigenvalue weighted by molar-refractivity contribution is 7.98. The molecule has 0 aliphatic carbocycles. The Labute approximate surface area is 57.3 Å². The molecule has 0 fully saturated rings. The summed E-state index contributed by atoms with van der Waals surface area (Å²) in [5, 5.41) is 14.7. The van der Waals surface area contributed by atoms with Crippen molar-refractivity contribution in [2.75, 3.05) is 6.26 Å². The number of hydrogen-bond acceptors (Lipinski definition) is 3. The molecular formula is C5H6N2OS. The molecule has 0 radical (unpaired) electrons. The van der Waals surface area contributed by atoms with Crippen molar-refractivity contribution in [1.29, 1.82) is 0 Å². The van der Waals surface area contributed by atoms with Crippen LogP contribution >= 0.6 is 11.8 Å². The van der Waals surface area contributed by atoms with Gasteiger partial charge in [0.05, 0.1) is 6.20 Å². The highest BCUT2D eigenvalue weighted by Gasteiger charge is 1.99. The molecule has 0 aliphatic heterocycles. The molecule has 48 valence electrons. The maximum absolute atomic E-state index is 10.6. The van der Waals surface area contributed by atoms with E-state index < -0.39 is 0 Å². The Morgan fingerprint density at radius 3 is 3.00 bits per heavy atom. The number of hydrogen-bond donors (Lipinski definition) is 0. The van der Waals surface area contributed by atoms with Gasteiger partial charge in [0.2, 0.25) is 0 Å². The maximum atomic E-state index is 10.6. The summed E-state index contributed by atoms with van der Waals surface area (Å²) in [5.74, 6) is 0. The molecule has 4 heteroatoms. The van der Waals surface area contributed by atoms with Crippen LogP contribution in [0.25, 0.3) is 0 Å². The lowest BCUT2D eigenvalue weighted by atomic mass is 10.6. The first-order valence-electron chi connectivity index (χ1n) is 2.43. The molecule has 0 spiro atoms. The quantitative estimate of drug-likeness (QED) is 0.324. The number of nitrogens with zero attached hydrogens (tertiary/aromatic N) is 2. The van der Waals surface area contributed by atoms with Crippen LogP contribution in [0, 0.1) is 5.21 Å². The van der Waals surface area contributed by atoms with Crippen LogP contribution in [-0.2, 0) is 0 Å². The van der Waals surface area contributed by atoms with Gasteiger partial charge in [-0.3, -0.25) is 0 Å². The van der Waals surface area contributed by atoms with Gasteiger partial charge in [0.15, 0.2) is 0 Å². The van der Waals surface area contributed by atoms with Crippen LogP contribution in [0.1, 0.15) is 0 Å². The maximum Gasteiger partial charge on any atom is 0.278 e. The topological polar surface area (TPSA) is 39.8 Å². The molecule has 0 aromatic carbocycles. The lowest BCUT2D eigenvalue weighted by Gasteiger charge is -1.94. The molecule has 3 nitrogen and oxygen atoms in total. The van der Waals surface area contributed by atoms with Crippen molar-refractivity contribution < 1.29 is 4.85 Å². The summed E-state index contributed by atoms with van der Waals surface area (Å²) in [6.07, 6.45) is 3.30. The van der Waals surface area contributed by atoms with Crippen LogP contribution in [0.3, 0.4) is 0 Å². The summed E-state index contributed by atoms with van der Waals surface area (Å²) in [6, 6.07) is 3.46. The first kappa shape index (κ1) is 6.35. The molecule has 0 atom stereocenters. The summed E-state index contributed by atoms with van der Waals surface area (Å²) >= 11 is 1.38. The predicted octanol–water partition coefficient (Wildman–Crippen LogP) is 0.437. The van der Waals surface area contributed by atoms with Crippen molar-refractivity contribution in [3.8, 4) is 0 Å². The van der Waals surface area contributed by atoms with E-state index in [-0.39, 0.29) is 0 Å². The smallest absolute Gasteiger partial charge is 0.278 e. The van der Waals surface area contributed by atoms with Gasteiger partial charge in [0.25, 0.3) is 5.03 Å². The van der Waals surface area contributed by atoms with Gasteiger partial charge in [-0.05, 0) is 17.2 Å². The SMILES string of the molecule is CSc1cccn[n+]1[O-]. The van der Waals surface area contributed by atoms with E-state index in [0.717, 1.165) is 0 Å². The van der Waals surface area contributed by atoms with Gasteiger partial charge in [-0.25, -0.2) is 0 Å². The fourth-order valence-corrected chi connectivity index (χ4v) is 0.909. The highest BCUT2D eigenvalue weighted by atomic mass is 32.2. The Bertz CT molecular complexity index is 204. The van der Waals surface area contributed by atoms with E-state index in [1.54, 1.807) is 12.1 Å². The second-order valence-electron chi connectivity index (χ2n) is 1.44. The summed E-state index contributed by atoms with van der Waals surface area (Å²) in [6.45, 7) is 0. The molecule has 0 saturated heterocycles. The van der Waals surface area contributed by atoms with Crippen LogP contribution < -0.4 is 4.85 Å². The first-order chi connectivity index (χ1) is 4.34. The molecule has 1 heterocycles. The fraction of sp³-hybridized carbons (Fsp3) is 0.200. The van der Waals surface area contributed by atoms with Gasteiger partial charge >= 0.3 is 0 Å². The van der Waals surface area contributed by atoms with Crippen molar-refractivity contribution in [3.05, 3.63) is 23.5 Å². The molecule has 1 aromatic heterocycles.